The van der Waals surface area contributed by atoms with Gasteiger partial charge in [0.15, 0.2) is 0 Å². The second-order valence-electron chi connectivity index (χ2n) is 3.01. The molecule has 1 aliphatic carbocycles. The number of hydrogen-bond acceptors (Lipinski definition) is 3. The van der Waals surface area contributed by atoms with Crippen molar-refractivity contribution in [3.05, 3.63) is 0 Å². The van der Waals surface area contributed by atoms with E-state index in [0.29, 0.717) is 0 Å². The van der Waals surface area contributed by atoms with E-state index in [1.54, 1.807) is 6.92 Å². The fraction of sp³-hybridized carbons (Fsp3) is 1.00. The molecule has 1 saturated carbocycles. The lowest BCUT2D eigenvalue weighted by Crippen LogP contribution is -2.29. The first-order valence-electron chi connectivity index (χ1n) is 4.29. The Bertz CT molecular complexity index is 219. The third-order valence-electron chi connectivity index (χ3n) is 2.02. The van der Waals surface area contributed by atoms with Crippen LogP contribution < -0.4 is 4.89 Å². The van der Waals surface area contributed by atoms with Gasteiger partial charge in [-0.2, -0.15) is 0 Å². The Morgan fingerprint density at radius 3 is 2.50 bits per heavy atom. The number of sulfonamides is 1. The lowest BCUT2D eigenvalue weighted by molar-refractivity contribution is 0.0224. The standard InChI is InChI=1S/C7H15NO3S/c1-2-12(9,10)8-11-7-5-3-4-6-7/h7-8H,2-6H2,1H3. The zero-order valence-electron chi connectivity index (χ0n) is 7.25. The highest BCUT2D eigenvalue weighted by Crippen LogP contribution is 2.19. The van der Waals surface area contributed by atoms with E-state index in [1.807, 2.05) is 0 Å². The largest absolute Gasteiger partial charge is 0.284 e. The topological polar surface area (TPSA) is 55.4 Å². The van der Waals surface area contributed by atoms with Crippen molar-refractivity contribution in [2.75, 3.05) is 5.75 Å². The number of hydrogen-bond donors (Lipinski definition) is 1. The smallest absolute Gasteiger partial charge is 0.233 e. The van der Waals surface area contributed by atoms with E-state index in [9.17, 15) is 8.42 Å². The molecule has 0 bridgehead atoms. The number of nitrogens with one attached hydrogen (secondary N) is 1. The molecule has 0 aromatic carbocycles. The highest BCUT2D eigenvalue weighted by molar-refractivity contribution is 7.89. The molecule has 1 fully saturated rings. The van der Waals surface area contributed by atoms with Gasteiger partial charge in [0.25, 0.3) is 0 Å². The Labute approximate surface area is 73.3 Å². The van der Waals surface area contributed by atoms with Crippen molar-refractivity contribution in [2.45, 2.75) is 38.7 Å². The Balaban J connectivity index is 2.25. The van der Waals surface area contributed by atoms with Gasteiger partial charge in [-0.25, -0.2) is 8.42 Å². The molecule has 0 unspecified atom stereocenters. The Kier molecular flexibility index (Phi) is 3.49. The van der Waals surface area contributed by atoms with Crippen LogP contribution in [-0.2, 0) is 14.9 Å². The van der Waals surface area contributed by atoms with Gasteiger partial charge >= 0.3 is 0 Å². The second kappa shape index (κ2) is 4.20. The summed E-state index contributed by atoms with van der Waals surface area (Å²) in [6.07, 6.45) is 4.29. The molecular weight excluding hydrogens is 178 g/mol. The molecule has 0 amide bonds. The average Bonchev–Trinajstić information content (AvgIpc) is 2.53. The predicted octanol–water partition coefficient (Wildman–Crippen LogP) is 0.800. The van der Waals surface area contributed by atoms with Gasteiger partial charge in [0.05, 0.1) is 11.9 Å². The van der Waals surface area contributed by atoms with E-state index in [4.69, 9.17) is 4.84 Å². The van der Waals surface area contributed by atoms with Crippen molar-refractivity contribution in [1.29, 1.82) is 0 Å². The second-order valence-corrected chi connectivity index (χ2v) is 4.98. The van der Waals surface area contributed by atoms with E-state index in [2.05, 4.69) is 4.89 Å². The molecule has 0 aliphatic heterocycles. The summed E-state index contributed by atoms with van der Waals surface area (Å²) in [6.45, 7) is 1.58. The van der Waals surface area contributed by atoms with Gasteiger partial charge in [-0.1, -0.05) is 17.7 Å². The molecule has 1 rings (SSSR count). The molecule has 0 aromatic rings. The Hall–Kier alpha value is -0.130. The van der Waals surface area contributed by atoms with Crippen LogP contribution in [0.15, 0.2) is 0 Å². The summed E-state index contributed by atoms with van der Waals surface area (Å²) in [6, 6.07) is 0. The van der Waals surface area contributed by atoms with Crippen molar-refractivity contribution in [3.8, 4) is 0 Å². The van der Waals surface area contributed by atoms with Gasteiger partial charge in [-0.3, -0.25) is 4.84 Å². The molecule has 5 heteroatoms. The molecule has 4 nitrogen and oxygen atoms in total. The summed E-state index contributed by atoms with van der Waals surface area (Å²) in [5.74, 6) is 0.0692. The molecule has 0 spiro atoms. The van der Waals surface area contributed by atoms with Crippen LogP contribution in [0.1, 0.15) is 32.6 Å². The summed E-state index contributed by atoms with van der Waals surface area (Å²) in [5, 5.41) is 0. The summed E-state index contributed by atoms with van der Waals surface area (Å²) in [4.78, 5) is 7.14. The van der Waals surface area contributed by atoms with Crippen molar-refractivity contribution < 1.29 is 13.3 Å². The molecule has 0 aromatic heterocycles. The maximum atomic E-state index is 10.9. The lowest BCUT2D eigenvalue weighted by atomic mass is 10.3. The zero-order valence-corrected chi connectivity index (χ0v) is 8.06. The molecule has 1 aliphatic rings. The van der Waals surface area contributed by atoms with E-state index in [1.165, 1.54) is 0 Å². The molecule has 0 saturated heterocycles. The molecule has 12 heavy (non-hydrogen) atoms. The first-order valence-corrected chi connectivity index (χ1v) is 5.94. The zero-order chi connectivity index (χ0) is 9.03. The average molecular weight is 193 g/mol. The first kappa shape index (κ1) is 9.95. The van der Waals surface area contributed by atoms with Crippen LogP contribution in [0.25, 0.3) is 0 Å². The molecular formula is C7H15NO3S. The van der Waals surface area contributed by atoms with E-state index in [-0.39, 0.29) is 11.9 Å². The summed E-state index contributed by atoms with van der Waals surface area (Å²) in [7, 11) is -3.18. The minimum Gasteiger partial charge on any atom is -0.284 e. The van der Waals surface area contributed by atoms with Gasteiger partial charge in [0, 0.05) is 0 Å². The van der Waals surface area contributed by atoms with Crippen molar-refractivity contribution >= 4 is 10.0 Å². The normalized spacial score (nSPS) is 20.1. The van der Waals surface area contributed by atoms with Crippen LogP contribution in [0.3, 0.4) is 0 Å². The van der Waals surface area contributed by atoms with E-state index >= 15 is 0 Å². The maximum absolute atomic E-state index is 10.9. The Morgan fingerprint density at radius 1 is 1.42 bits per heavy atom. The number of rotatable bonds is 4. The van der Waals surface area contributed by atoms with E-state index < -0.39 is 10.0 Å². The van der Waals surface area contributed by atoms with Crippen LogP contribution in [-0.4, -0.2) is 20.3 Å². The quantitative estimate of drug-likeness (QED) is 0.672. The SMILES string of the molecule is CCS(=O)(=O)NOC1CCCC1. The van der Waals surface area contributed by atoms with Crippen molar-refractivity contribution in [1.82, 2.24) is 4.89 Å². The highest BCUT2D eigenvalue weighted by Gasteiger charge is 2.17. The van der Waals surface area contributed by atoms with Crippen LogP contribution >= 0.6 is 0 Å². The molecule has 1 N–H and O–H groups in total. The van der Waals surface area contributed by atoms with Crippen LogP contribution in [0, 0.1) is 0 Å². The third-order valence-corrected chi connectivity index (χ3v) is 3.13. The lowest BCUT2D eigenvalue weighted by Gasteiger charge is -2.10. The predicted molar refractivity (Wildman–Crippen MR) is 45.9 cm³/mol. The third kappa shape index (κ3) is 3.08. The van der Waals surface area contributed by atoms with Crippen LogP contribution in [0.2, 0.25) is 0 Å². The minimum atomic E-state index is -3.18. The summed E-state index contributed by atoms with van der Waals surface area (Å²) in [5.41, 5.74) is 0. The monoisotopic (exact) mass is 193 g/mol. The summed E-state index contributed by atoms with van der Waals surface area (Å²) >= 11 is 0. The van der Waals surface area contributed by atoms with Gasteiger partial charge in [-0.05, 0) is 19.8 Å². The molecule has 0 atom stereocenters. The molecule has 0 radical (unpaired) electrons. The van der Waals surface area contributed by atoms with E-state index in [0.717, 1.165) is 25.7 Å². The van der Waals surface area contributed by atoms with Crippen molar-refractivity contribution in [2.24, 2.45) is 0 Å². The van der Waals surface area contributed by atoms with Crippen molar-refractivity contribution in [3.63, 3.8) is 0 Å². The molecule has 72 valence electrons. The highest BCUT2D eigenvalue weighted by atomic mass is 32.2. The van der Waals surface area contributed by atoms with Gasteiger partial charge in [0.2, 0.25) is 10.0 Å². The maximum Gasteiger partial charge on any atom is 0.233 e. The fourth-order valence-electron chi connectivity index (χ4n) is 1.21. The Morgan fingerprint density at radius 2 is 2.00 bits per heavy atom. The molecule has 0 heterocycles. The fourth-order valence-corrected chi connectivity index (χ4v) is 1.61. The van der Waals surface area contributed by atoms with Gasteiger partial charge in [0.1, 0.15) is 0 Å². The van der Waals surface area contributed by atoms with Gasteiger partial charge in [-0.15, -0.1) is 0 Å². The van der Waals surface area contributed by atoms with Crippen LogP contribution in [0.4, 0.5) is 0 Å². The van der Waals surface area contributed by atoms with Crippen LogP contribution in [0.5, 0.6) is 0 Å². The first-order chi connectivity index (χ1) is 5.64. The van der Waals surface area contributed by atoms with Gasteiger partial charge < -0.3 is 0 Å². The summed E-state index contributed by atoms with van der Waals surface area (Å²) < 4.78 is 21.8. The minimum absolute atomic E-state index is 0.0692.